The Kier molecular flexibility index (Phi) is 4.83. The van der Waals surface area contributed by atoms with Crippen LogP contribution in [0.25, 0.3) is 0 Å². The largest absolute Gasteiger partial charge is 0.495 e. The van der Waals surface area contributed by atoms with Gasteiger partial charge in [0.25, 0.3) is 5.69 Å². The molecule has 0 radical (unpaired) electrons. The topological polar surface area (TPSA) is 102 Å². The van der Waals surface area contributed by atoms with E-state index in [1.165, 1.54) is 13.2 Å². The standard InChI is InChI=1S/C12H12N2O5/c1-3-19-12(15)6-8-5-11(18-2)9(7-13)4-10(8)14(16)17/h4-5H,3,6H2,1-2H3. The second-order valence-electron chi connectivity index (χ2n) is 3.53. The minimum absolute atomic E-state index is 0.0433. The molecule has 0 aromatic heterocycles. The van der Waals surface area contributed by atoms with E-state index in [0.717, 1.165) is 6.07 Å². The van der Waals surface area contributed by atoms with Gasteiger partial charge in [-0.25, -0.2) is 0 Å². The molecule has 0 aliphatic heterocycles. The Morgan fingerprint density at radius 2 is 2.21 bits per heavy atom. The fourth-order valence-corrected chi connectivity index (χ4v) is 1.55. The molecule has 7 nitrogen and oxygen atoms in total. The predicted octanol–water partition coefficient (Wildman–Crippen LogP) is 1.58. The fraction of sp³-hybridized carbons (Fsp3) is 0.333. The summed E-state index contributed by atoms with van der Waals surface area (Å²) in [5.74, 6) is -0.384. The molecule has 0 N–H and O–H groups in total. The maximum atomic E-state index is 11.4. The summed E-state index contributed by atoms with van der Waals surface area (Å²) in [5, 5.41) is 19.8. The van der Waals surface area contributed by atoms with Crippen LogP contribution in [-0.2, 0) is 16.0 Å². The molecule has 100 valence electrons. The van der Waals surface area contributed by atoms with Crippen LogP contribution in [0.4, 0.5) is 5.69 Å². The number of benzene rings is 1. The molecule has 1 aromatic rings. The number of hydrogen-bond donors (Lipinski definition) is 0. The summed E-state index contributed by atoms with van der Waals surface area (Å²) in [6.07, 6.45) is -0.244. The SMILES string of the molecule is CCOC(=O)Cc1cc(OC)c(C#N)cc1[N+](=O)[O-]. The summed E-state index contributed by atoms with van der Waals surface area (Å²) in [6, 6.07) is 4.21. The highest BCUT2D eigenvalue weighted by Gasteiger charge is 2.21. The van der Waals surface area contributed by atoms with Gasteiger partial charge in [-0.3, -0.25) is 14.9 Å². The number of methoxy groups -OCH3 is 1. The zero-order valence-corrected chi connectivity index (χ0v) is 10.5. The first-order valence-electron chi connectivity index (χ1n) is 5.44. The molecule has 0 bridgehead atoms. The number of nitro groups is 1. The van der Waals surface area contributed by atoms with Crippen molar-refractivity contribution in [3.63, 3.8) is 0 Å². The van der Waals surface area contributed by atoms with Crippen molar-refractivity contribution in [2.45, 2.75) is 13.3 Å². The number of hydrogen-bond acceptors (Lipinski definition) is 6. The van der Waals surface area contributed by atoms with Crippen LogP contribution >= 0.6 is 0 Å². The molecular formula is C12H12N2O5. The van der Waals surface area contributed by atoms with Gasteiger partial charge in [0.2, 0.25) is 0 Å². The molecule has 0 amide bonds. The molecule has 0 saturated carbocycles. The first kappa shape index (κ1) is 14.4. The third kappa shape index (κ3) is 3.42. The summed E-state index contributed by atoms with van der Waals surface area (Å²) < 4.78 is 9.70. The quantitative estimate of drug-likeness (QED) is 0.454. The van der Waals surface area contributed by atoms with Crippen LogP contribution in [0, 0.1) is 21.4 Å². The average Bonchev–Trinajstić information content (AvgIpc) is 2.38. The number of ether oxygens (including phenoxy) is 2. The zero-order chi connectivity index (χ0) is 14.4. The maximum Gasteiger partial charge on any atom is 0.310 e. The van der Waals surface area contributed by atoms with E-state index >= 15 is 0 Å². The van der Waals surface area contributed by atoms with Gasteiger partial charge >= 0.3 is 5.97 Å². The number of nitrogens with zero attached hydrogens (tertiary/aromatic N) is 2. The lowest BCUT2D eigenvalue weighted by molar-refractivity contribution is -0.385. The Labute approximate surface area is 109 Å². The van der Waals surface area contributed by atoms with Gasteiger partial charge in [-0.05, 0) is 13.0 Å². The Hall–Kier alpha value is -2.62. The van der Waals surface area contributed by atoms with Gasteiger partial charge in [-0.1, -0.05) is 0 Å². The van der Waals surface area contributed by atoms with Crippen molar-refractivity contribution in [3.05, 3.63) is 33.4 Å². The molecular weight excluding hydrogens is 252 g/mol. The number of nitro benzene ring substituents is 1. The second kappa shape index (κ2) is 6.35. The van der Waals surface area contributed by atoms with Gasteiger partial charge in [0.15, 0.2) is 0 Å². The molecule has 0 saturated heterocycles. The van der Waals surface area contributed by atoms with Crippen molar-refractivity contribution in [1.29, 1.82) is 5.26 Å². The third-order valence-electron chi connectivity index (χ3n) is 2.36. The van der Waals surface area contributed by atoms with E-state index in [1.54, 1.807) is 13.0 Å². The van der Waals surface area contributed by atoms with E-state index < -0.39 is 10.9 Å². The molecule has 0 aliphatic carbocycles. The summed E-state index contributed by atoms with van der Waals surface area (Å²) in [6.45, 7) is 1.84. The van der Waals surface area contributed by atoms with Crippen LogP contribution in [0.15, 0.2) is 12.1 Å². The summed E-state index contributed by atoms with van der Waals surface area (Å²) in [7, 11) is 1.34. The number of carbonyl (C=O) groups is 1. The number of nitriles is 1. The first-order valence-corrected chi connectivity index (χ1v) is 5.44. The minimum atomic E-state index is -0.644. The van der Waals surface area contributed by atoms with Crippen molar-refractivity contribution in [2.24, 2.45) is 0 Å². The van der Waals surface area contributed by atoms with Crippen molar-refractivity contribution in [3.8, 4) is 11.8 Å². The Balaban J connectivity index is 3.24. The molecule has 19 heavy (non-hydrogen) atoms. The van der Waals surface area contributed by atoms with Crippen LogP contribution < -0.4 is 4.74 Å². The number of rotatable bonds is 5. The Morgan fingerprint density at radius 1 is 1.53 bits per heavy atom. The highest BCUT2D eigenvalue weighted by Crippen LogP contribution is 2.28. The fourth-order valence-electron chi connectivity index (χ4n) is 1.55. The third-order valence-corrected chi connectivity index (χ3v) is 2.36. The summed E-state index contributed by atoms with van der Waals surface area (Å²) in [4.78, 5) is 21.7. The van der Waals surface area contributed by atoms with Crippen LogP contribution in [0.2, 0.25) is 0 Å². The number of esters is 1. The van der Waals surface area contributed by atoms with E-state index in [1.807, 2.05) is 0 Å². The lowest BCUT2D eigenvalue weighted by Crippen LogP contribution is -2.09. The smallest absolute Gasteiger partial charge is 0.310 e. The first-order chi connectivity index (χ1) is 9.03. The zero-order valence-electron chi connectivity index (χ0n) is 10.5. The van der Waals surface area contributed by atoms with Crippen molar-refractivity contribution >= 4 is 11.7 Å². The Bertz CT molecular complexity index is 548. The molecule has 0 aliphatic rings. The van der Waals surface area contributed by atoms with Gasteiger partial charge in [-0.15, -0.1) is 0 Å². The average molecular weight is 264 g/mol. The van der Waals surface area contributed by atoms with Crippen LogP contribution in [0.3, 0.4) is 0 Å². The lowest BCUT2D eigenvalue weighted by Gasteiger charge is -2.07. The molecule has 0 fully saturated rings. The van der Waals surface area contributed by atoms with E-state index in [-0.39, 0.29) is 35.6 Å². The van der Waals surface area contributed by atoms with Gasteiger partial charge in [0.05, 0.1) is 25.1 Å². The predicted molar refractivity (Wildman–Crippen MR) is 64.7 cm³/mol. The molecule has 7 heteroatoms. The van der Waals surface area contributed by atoms with Gasteiger partial charge < -0.3 is 9.47 Å². The lowest BCUT2D eigenvalue weighted by atomic mass is 10.1. The van der Waals surface area contributed by atoms with E-state index in [2.05, 4.69) is 0 Å². The molecule has 1 rings (SSSR count). The van der Waals surface area contributed by atoms with Crippen LogP contribution in [-0.4, -0.2) is 24.6 Å². The van der Waals surface area contributed by atoms with Gasteiger partial charge in [-0.2, -0.15) is 5.26 Å². The molecule has 1 aromatic carbocycles. The van der Waals surface area contributed by atoms with E-state index in [0.29, 0.717) is 0 Å². The maximum absolute atomic E-state index is 11.4. The van der Waals surface area contributed by atoms with E-state index in [9.17, 15) is 14.9 Å². The number of carbonyl (C=O) groups excluding carboxylic acids is 1. The van der Waals surface area contributed by atoms with Crippen molar-refractivity contribution < 1.29 is 19.2 Å². The second-order valence-corrected chi connectivity index (χ2v) is 3.53. The molecule has 0 spiro atoms. The summed E-state index contributed by atoms with van der Waals surface area (Å²) >= 11 is 0. The van der Waals surface area contributed by atoms with Gasteiger partial charge in [0, 0.05) is 11.6 Å². The summed E-state index contributed by atoms with van der Waals surface area (Å²) in [5.41, 5.74) is -0.105. The van der Waals surface area contributed by atoms with Crippen LogP contribution in [0.5, 0.6) is 5.75 Å². The Morgan fingerprint density at radius 3 is 2.68 bits per heavy atom. The minimum Gasteiger partial charge on any atom is -0.495 e. The highest BCUT2D eigenvalue weighted by atomic mass is 16.6. The van der Waals surface area contributed by atoms with Gasteiger partial charge in [0.1, 0.15) is 17.4 Å². The van der Waals surface area contributed by atoms with Crippen molar-refractivity contribution in [2.75, 3.05) is 13.7 Å². The van der Waals surface area contributed by atoms with Crippen LogP contribution in [0.1, 0.15) is 18.1 Å². The van der Waals surface area contributed by atoms with E-state index in [4.69, 9.17) is 14.7 Å². The molecule has 0 atom stereocenters. The van der Waals surface area contributed by atoms with Crippen molar-refractivity contribution in [1.82, 2.24) is 0 Å². The molecule has 0 heterocycles. The normalized spacial score (nSPS) is 9.53. The highest BCUT2D eigenvalue weighted by molar-refractivity contribution is 5.75. The monoisotopic (exact) mass is 264 g/mol. The molecule has 0 unspecified atom stereocenters.